The molecule has 0 spiro atoms. The highest BCUT2D eigenvalue weighted by Gasteiger charge is 2.90. The van der Waals surface area contributed by atoms with Gasteiger partial charge in [0.2, 0.25) is 0 Å². The van der Waals surface area contributed by atoms with Crippen molar-refractivity contribution in [2.75, 3.05) is 26.4 Å². The van der Waals surface area contributed by atoms with E-state index >= 15 is 0 Å². The van der Waals surface area contributed by atoms with Crippen molar-refractivity contribution < 1.29 is 62.2 Å². The van der Waals surface area contributed by atoms with Crippen LogP contribution in [0.15, 0.2) is 25.3 Å². The van der Waals surface area contributed by atoms with E-state index in [1.807, 2.05) is 0 Å². The standard InChI is InChI=1S/C14H14F12O2/c1-3-5-27-7-9(15,16)11(19,20)13(23,24)14(25,26)12(21,22)10(17,18)8-28-6-4-2/h3-4H,1-2,5-8H2. The summed E-state index contributed by atoms with van der Waals surface area (Å²) in [6.45, 7) is -1.26. The van der Waals surface area contributed by atoms with Gasteiger partial charge in [-0.25, -0.2) is 0 Å². The first-order chi connectivity index (χ1) is 12.4. The van der Waals surface area contributed by atoms with Crippen molar-refractivity contribution in [1.29, 1.82) is 0 Å². The zero-order valence-electron chi connectivity index (χ0n) is 13.7. The summed E-state index contributed by atoms with van der Waals surface area (Å²) in [4.78, 5) is 0. The van der Waals surface area contributed by atoms with Crippen LogP contribution >= 0.6 is 0 Å². The molecule has 0 aromatic rings. The molecular formula is C14H14F12O2. The van der Waals surface area contributed by atoms with Crippen molar-refractivity contribution >= 4 is 0 Å². The molecule has 0 saturated heterocycles. The average Bonchev–Trinajstić information content (AvgIpc) is 2.54. The molecule has 0 aromatic carbocycles. The third kappa shape index (κ3) is 4.42. The van der Waals surface area contributed by atoms with Gasteiger partial charge in [-0.3, -0.25) is 0 Å². The zero-order chi connectivity index (χ0) is 22.7. The van der Waals surface area contributed by atoms with Crippen LogP contribution in [-0.4, -0.2) is 62.0 Å². The molecule has 0 bridgehead atoms. The fourth-order valence-electron chi connectivity index (χ4n) is 1.58. The van der Waals surface area contributed by atoms with E-state index in [4.69, 9.17) is 0 Å². The summed E-state index contributed by atoms with van der Waals surface area (Å²) in [6.07, 6.45) is 1.39. The Labute approximate surface area is 150 Å². The van der Waals surface area contributed by atoms with Crippen molar-refractivity contribution in [1.82, 2.24) is 0 Å². The number of halogens is 12. The molecular weight excluding hydrogens is 428 g/mol. The highest BCUT2D eigenvalue weighted by Crippen LogP contribution is 2.60. The van der Waals surface area contributed by atoms with E-state index in [0.717, 1.165) is 0 Å². The quantitative estimate of drug-likeness (QED) is 0.222. The first kappa shape index (κ1) is 26.6. The molecule has 0 saturated carbocycles. The van der Waals surface area contributed by atoms with Crippen LogP contribution < -0.4 is 0 Å². The lowest BCUT2D eigenvalue weighted by atomic mass is 9.91. The van der Waals surface area contributed by atoms with Gasteiger partial charge in [-0.1, -0.05) is 12.2 Å². The number of rotatable bonds is 13. The van der Waals surface area contributed by atoms with Crippen LogP contribution in [-0.2, 0) is 9.47 Å². The van der Waals surface area contributed by atoms with Gasteiger partial charge < -0.3 is 9.47 Å². The Bertz CT molecular complexity index is 496. The van der Waals surface area contributed by atoms with E-state index in [1.165, 1.54) is 0 Å². The topological polar surface area (TPSA) is 18.5 Å². The Balaban J connectivity index is 5.98. The Hall–Kier alpha value is -1.44. The van der Waals surface area contributed by atoms with Gasteiger partial charge in [-0.2, -0.15) is 52.7 Å². The molecule has 14 heteroatoms. The number of hydrogen-bond acceptors (Lipinski definition) is 2. The predicted octanol–water partition coefficient (Wildman–Crippen LogP) is 5.20. The largest absolute Gasteiger partial charge is 0.384 e. The van der Waals surface area contributed by atoms with Crippen LogP contribution in [0.1, 0.15) is 0 Å². The van der Waals surface area contributed by atoms with E-state index in [-0.39, 0.29) is 0 Å². The minimum Gasteiger partial charge on any atom is -0.371 e. The molecule has 0 heterocycles. The molecule has 0 fully saturated rings. The minimum atomic E-state index is -7.62. The van der Waals surface area contributed by atoms with Gasteiger partial charge in [-0.05, 0) is 0 Å². The van der Waals surface area contributed by atoms with Gasteiger partial charge in [-0.15, -0.1) is 13.2 Å². The van der Waals surface area contributed by atoms with Gasteiger partial charge in [0.1, 0.15) is 13.2 Å². The second-order valence-corrected chi connectivity index (χ2v) is 5.31. The normalized spacial score (nSPS) is 14.9. The summed E-state index contributed by atoms with van der Waals surface area (Å²) in [6, 6.07) is 0. The summed E-state index contributed by atoms with van der Waals surface area (Å²) in [5.74, 6) is -41.9. The molecule has 166 valence electrons. The maximum Gasteiger partial charge on any atom is 0.384 e. The summed E-state index contributed by atoms with van der Waals surface area (Å²) >= 11 is 0. The van der Waals surface area contributed by atoms with Crippen LogP contribution in [0.4, 0.5) is 52.7 Å². The van der Waals surface area contributed by atoms with Crippen molar-refractivity contribution in [3.05, 3.63) is 25.3 Å². The summed E-state index contributed by atoms with van der Waals surface area (Å²) < 4.78 is 168. The maximum atomic E-state index is 13.5. The first-order valence-electron chi connectivity index (χ1n) is 7.01. The molecule has 0 aliphatic heterocycles. The fourth-order valence-corrected chi connectivity index (χ4v) is 1.58. The van der Waals surface area contributed by atoms with Crippen LogP contribution in [0.25, 0.3) is 0 Å². The van der Waals surface area contributed by atoms with E-state index < -0.39 is 62.0 Å². The number of ether oxygens (including phenoxy) is 2. The third-order valence-corrected chi connectivity index (χ3v) is 3.14. The average molecular weight is 442 g/mol. The molecule has 0 N–H and O–H groups in total. The molecule has 0 amide bonds. The molecule has 2 nitrogen and oxygen atoms in total. The van der Waals surface area contributed by atoms with Crippen molar-refractivity contribution in [3.63, 3.8) is 0 Å². The van der Waals surface area contributed by atoms with Gasteiger partial charge in [0.15, 0.2) is 0 Å². The second-order valence-electron chi connectivity index (χ2n) is 5.31. The Kier molecular flexibility index (Phi) is 8.07. The molecule has 0 unspecified atom stereocenters. The van der Waals surface area contributed by atoms with Crippen molar-refractivity contribution in [3.8, 4) is 0 Å². The summed E-state index contributed by atoms with van der Waals surface area (Å²) in [5.41, 5.74) is 0. The predicted molar refractivity (Wildman–Crippen MR) is 71.7 cm³/mol. The Morgan fingerprint density at radius 2 is 0.750 bits per heavy atom. The smallest absolute Gasteiger partial charge is 0.371 e. The number of alkyl halides is 12. The lowest BCUT2D eigenvalue weighted by Gasteiger charge is -2.41. The molecule has 0 aromatic heterocycles. The molecule has 28 heavy (non-hydrogen) atoms. The van der Waals surface area contributed by atoms with Crippen LogP contribution in [0, 0.1) is 0 Å². The third-order valence-electron chi connectivity index (χ3n) is 3.14. The monoisotopic (exact) mass is 442 g/mol. The Morgan fingerprint density at radius 3 is 0.964 bits per heavy atom. The summed E-state index contributed by atoms with van der Waals surface area (Å²) in [7, 11) is 0. The van der Waals surface area contributed by atoms with Crippen LogP contribution in [0.3, 0.4) is 0 Å². The lowest BCUT2D eigenvalue weighted by molar-refractivity contribution is -0.429. The van der Waals surface area contributed by atoms with Crippen LogP contribution in [0.5, 0.6) is 0 Å². The van der Waals surface area contributed by atoms with E-state index in [9.17, 15) is 52.7 Å². The van der Waals surface area contributed by atoms with Gasteiger partial charge in [0.25, 0.3) is 0 Å². The van der Waals surface area contributed by atoms with Gasteiger partial charge >= 0.3 is 35.5 Å². The van der Waals surface area contributed by atoms with Crippen molar-refractivity contribution in [2.45, 2.75) is 35.5 Å². The van der Waals surface area contributed by atoms with Gasteiger partial charge in [0, 0.05) is 0 Å². The van der Waals surface area contributed by atoms with Crippen molar-refractivity contribution in [2.24, 2.45) is 0 Å². The molecule has 0 aliphatic carbocycles. The summed E-state index contributed by atoms with van der Waals surface area (Å²) in [5, 5.41) is 0. The van der Waals surface area contributed by atoms with E-state index in [1.54, 1.807) is 0 Å². The Morgan fingerprint density at radius 1 is 0.500 bits per heavy atom. The first-order valence-corrected chi connectivity index (χ1v) is 7.01. The fraction of sp³-hybridized carbons (Fsp3) is 0.714. The maximum absolute atomic E-state index is 13.5. The highest BCUT2D eigenvalue weighted by atomic mass is 19.4. The highest BCUT2D eigenvalue weighted by molar-refractivity contribution is 5.11. The SMILES string of the molecule is C=CCOCC(F)(F)C(F)(F)C(F)(F)C(F)(F)C(F)(F)C(F)(F)COCC=C. The lowest BCUT2D eigenvalue weighted by Crippen LogP contribution is -2.71. The molecule has 0 radical (unpaired) electrons. The van der Waals surface area contributed by atoms with Crippen LogP contribution in [0.2, 0.25) is 0 Å². The van der Waals surface area contributed by atoms with Gasteiger partial charge in [0.05, 0.1) is 13.2 Å². The van der Waals surface area contributed by atoms with E-state index in [0.29, 0.717) is 12.2 Å². The molecule has 0 rings (SSSR count). The number of hydrogen-bond donors (Lipinski definition) is 0. The second kappa shape index (κ2) is 8.51. The molecule has 0 aliphatic rings. The van der Waals surface area contributed by atoms with E-state index in [2.05, 4.69) is 22.6 Å². The molecule has 0 atom stereocenters. The zero-order valence-corrected chi connectivity index (χ0v) is 13.7. The minimum absolute atomic E-state index is 0.693.